The van der Waals surface area contributed by atoms with Crippen molar-refractivity contribution < 1.29 is 19.0 Å². The summed E-state index contributed by atoms with van der Waals surface area (Å²) >= 11 is 1.47. The summed E-state index contributed by atoms with van der Waals surface area (Å²) in [6.07, 6.45) is 0. The van der Waals surface area contributed by atoms with Crippen molar-refractivity contribution in [3.8, 4) is 5.75 Å². The Labute approximate surface area is 126 Å². The molecule has 0 aromatic heterocycles. The van der Waals surface area contributed by atoms with Crippen molar-refractivity contribution in [2.45, 2.75) is 17.6 Å². The Balaban J connectivity index is 2.11. The summed E-state index contributed by atoms with van der Waals surface area (Å²) in [7, 11) is 1.42. The van der Waals surface area contributed by atoms with Crippen LogP contribution >= 0.6 is 11.8 Å². The Morgan fingerprint density at radius 2 is 2.05 bits per heavy atom. The second-order valence-corrected chi connectivity index (χ2v) is 5.59. The van der Waals surface area contributed by atoms with Gasteiger partial charge in [-0.3, -0.25) is 0 Å². The molecule has 0 unspecified atom stereocenters. The van der Waals surface area contributed by atoms with Crippen LogP contribution in [-0.4, -0.2) is 18.2 Å². The molecule has 5 heteroatoms. The first-order valence-electron chi connectivity index (χ1n) is 6.30. The highest BCUT2D eigenvalue weighted by Gasteiger charge is 2.09. The first kappa shape index (κ1) is 15.4. The number of methoxy groups -OCH3 is 1. The van der Waals surface area contributed by atoms with E-state index in [1.165, 1.54) is 24.9 Å². The van der Waals surface area contributed by atoms with Gasteiger partial charge < -0.3 is 9.84 Å². The maximum Gasteiger partial charge on any atom is 0.335 e. The van der Waals surface area contributed by atoms with Crippen LogP contribution in [0.1, 0.15) is 21.5 Å². The van der Waals surface area contributed by atoms with E-state index in [-0.39, 0.29) is 5.75 Å². The molecule has 0 radical (unpaired) electrons. The lowest BCUT2D eigenvalue weighted by atomic mass is 10.1. The SMILES string of the molecule is COc1ccc(CSc2ccc(C)c(C(=O)O)c2)cc1F. The number of hydrogen-bond donors (Lipinski definition) is 1. The second-order valence-electron chi connectivity index (χ2n) is 4.54. The van der Waals surface area contributed by atoms with Gasteiger partial charge >= 0.3 is 5.97 Å². The highest BCUT2D eigenvalue weighted by atomic mass is 32.2. The van der Waals surface area contributed by atoms with E-state index in [0.717, 1.165) is 16.0 Å². The maximum atomic E-state index is 13.6. The summed E-state index contributed by atoms with van der Waals surface area (Å²) in [4.78, 5) is 11.9. The fourth-order valence-corrected chi connectivity index (χ4v) is 2.77. The number of carboxylic acids is 1. The van der Waals surface area contributed by atoms with Gasteiger partial charge in [-0.05, 0) is 42.3 Å². The van der Waals surface area contributed by atoms with Crippen LogP contribution in [0.25, 0.3) is 0 Å². The van der Waals surface area contributed by atoms with E-state index >= 15 is 0 Å². The number of rotatable bonds is 5. The molecule has 0 saturated carbocycles. The predicted octanol–water partition coefficient (Wildman–Crippen LogP) is 4.13. The zero-order valence-corrected chi connectivity index (χ0v) is 12.5. The topological polar surface area (TPSA) is 46.5 Å². The third-order valence-electron chi connectivity index (χ3n) is 3.06. The molecular formula is C16H15FO3S. The molecule has 0 aliphatic carbocycles. The van der Waals surface area contributed by atoms with Crippen LogP contribution in [-0.2, 0) is 5.75 Å². The molecule has 2 rings (SSSR count). The predicted molar refractivity (Wildman–Crippen MR) is 80.7 cm³/mol. The number of aryl methyl sites for hydroxylation is 1. The Morgan fingerprint density at radius 3 is 2.67 bits per heavy atom. The summed E-state index contributed by atoms with van der Waals surface area (Å²) in [6.45, 7) is 1.76. The van der Waals surface area contributed by atoms with Crippen LogP contribution in [0, 0.1) is 12.7 Å². The van der Waals surface area contributed by atoms with E-state index in [0.29, 0.717) is 11.3 Å². The van der Waals surface area contributed by atoms with Crippen LogP contribution < -0.4 is 4.74 Å². The standard InChI is InChI=1S/C16H15FO3S/c1-10-3-5-12(8-13(10)16(18)19)21-9-11-4-6-15(20-2)14(17)7-11/h3-8H,9H2,1-2H3,(H,18,19). The minimum Gasteiger partial charge on any atom is -0.494 e. The summed E-state index contributed by atoms with van der Waals surface area (Å²) in [5, 5.41) is 9.10. The second kappa shape index (κ2) is 6.63. The normalized spacial score (nSPS) is 10.4. The molecule has 21 heavy (non-hydrogen) atoms. The summed E-state index contributed by atoms with van der Waals surface area (Å²) in [5.74, 6) is -0.563. The van der Waals surface area contributed by atoms with Gasteiger partial charge in [0, 0.05) is 10.6 Å². The minimum absolute atomic E-state index is 0.215. The fourth-order valence-electron chi connectivity index (χ4n) is 1.89. The highest BCUT2D eigenvalue weighted by molar-refractivity contribution is 7.98. The molecule has 1 N–H and O–H groups in total. The summed E-state index contributed by atoms with van der Waals surface area (Å²) < 4.78 is 18.5. The molecule has 0 aliphatic heterocycles. The quantitative estimate of drug-likeness (QED) is 0.844. The van der Waals surface area contributed by atoms with Gasteiger partial charge in [-0.25, -0.2) is 9.18 Å². The van der Waals surface area contributed by atoms with Crippen molar-refractivity contribution in [1.29, 1.82) is 0 Å². The van der Waals surface area contributed by atoms with E-state index in [9.17, 15) is 9.18 Å². The van der Waals surface area contributed by atoms with Gasteiger partial charge in [-0.15, -0.1) is 11.8 Å². The van der Waals surface area contributed by atoms with E-state index in [4.69, 9.17) is 9.84 Å². The van der Waals surface area contributed by atoms with Crippen molar-refractivity contribution in [1.82, 2.24) is 0 Å². The first-order valence-corrected chi connectivity index (χ1v) is 7.29. The van der Waals surface area contributed by atoms with Gasteiger partial charge in [0.15, 0.2) is 11.6 Å². The van der Waals surface area contributed by atoms with Gasteiger partial charge in [0.2, 0.25) is 0 Å². The van der Waals surface area contributed by atoms with E-state index < -0.39 is 11.8 Å². The summed E-state index contributed by atoms with van der Waals surface area (Å²) in [6, 6.07) is 10.1. The van der Waals surface area contributed by atoms with Gasteiger partial charge in [-0.1, -0.05) is 12.1 Å². The van der Waals surface area contributed by atoms with Crippen molar-refractivity contribution in [2.24, 2.45) is 0 Å². The van der Waals surface area contributed by atoms with Crippen molar-refractivity contribution in [3.63, 3.8) is 0 Å². The number of carbonyl (C=O) groups is 1. The monoisotopic (exact) mass is 306 g/mol. The average molecular weight is 306 g/mol. The molecular weight excluding hydrogens is 291 g/mol. The van der Waals surface area contributed by atoms with Crippen LogP contribution in [0.4, 0.5) is 4.39 Å². The van der Waals surface area contributed by atoms with Crippen molar-refractivity contribution >= 4 is 17.7 Å². The zero-order chi connectivity index (χ0) is 15.4. The molecule has 0 saturated heterocycles. The lowest BCUT2D eigenvalue weighted by Gasteiger charge is -2.07. The van der Waals surface area contributed by atoms with Crippen molar-refractivity contribution in [2.75, 3.05) is 7.11 Å². The van der Waals surface area contributed by atoms with Gasteiger partial charge in [0.25, 0.3) is 0 Å². The van der Waals surface area contributed by atoms with Crippen LogP contribution in [0.2, 0.25) is 0 Å². The Morgan fingerprint density at radius 1 is 1.29 bits per heavy atom. The number of ether oxygens (including phenoxy) is 1. The van der Waals surface area contributed by atoms with Crippen molar-refractivity contribution in [3.05, 3.63) is 58.9 Å². The molecule has 110 valence electrons. The average Bonchev–Trinajstić information content (AvgIpc) is 2.46. The van der Waals surface area contributed by atoms with E-state index in [1.807, 2.05) is 6.07 Å². The number of hydrogen-bond acceptors (Lipinski definition) is 3. The molecule has 0 aliphatic rings. The Bertz CT molecular complexity index is 671. The maximum absolute atomic E-state index is 13.6. The van der Waals surface area contributed by atoms with E-state index in [2.05, 4.69) is 0 Å². The Kier molecular flexibility index (Phi) is 4.85. The fraction of sp³-hybridized carbons (Fsp3) is 0.188. The van der Waals surface area contributed by atoms with Crippen LogP contribution in [0.5, 0.6) is 5.75 Å². The number of thioether (sulfide) groups is 1. The number of aromatic carboxylic acids is 1. The van der Waals surface area contributed by atoms with Crippen LogP contribution in [0.3, 0.4) is 0 Å². The molecule has 0 heterocycles. The largest absolute Gasteiger partial charge is 0.494 e. The smallest absolute Gasteiger partial charge is 0.335 e. The van der Waals surface area contributed by atoms with Crippen LogP contribution in [0.15, 0.2) is 41.3 Å². The number of benzene rings is 2. The third-order valence-corrected chi connectivity index (χ3v) is 4.13. The molecule has 0 amide bonds. The van der Waals surface area contributed by atoms with Gasteiger partial charge in [0.1, 0.15) is 0 Å². The Hall–Kier alpha value is -2.01. The molecule has 0 atom stereocenters. The molecule has 0 spiro atoms. The highest BCUT2D eigenvalue weighted by Crippen LogP contribution is 2.27. The molecule has 2 aromatic carbocycles. The van der Waals surface area contributed by atoms with Gasteiger partial charge in [-0.2, -0.15) is 0 Å². The lowest BCUT2D eigenvalue weighted by Crippen LogP contribution is -1.99. The zero-order valence-electron chi connectivity index (χ0n) is 11.7. The van der Waals surface area contributed by atoms with E-state index in [1.54, 1.807) is 31.2 Å². The number of carboxylic acid groups (broad SMARTS) is 1. The molecule has 0 bridgehead atoms. The number of halogens is 1. The third kappa shape index (κ3) is 3.76. The first-order chi connectivity index (χ1) is 10.0. The minimum atomic E-state index is -0.939. The lowest BCUT2D eigenvalue weighted by molar-refractivity contribution is 0.0696. The van der Waals surface area contributed by atoms with Gasteiger partial charge in [0.05, 0.1) is 12.7 Å². The summed E-state index contributed by atoms with van der Waals surface area (Å²) in [5.41, 5.74) is 1.83. The molecule has 0 fully saturated rings. The molecule has 3 nitrogen and oxygen atoms in total. The molecule has 2 aromatic rings.